The molecule has 1 fully saturated rings. The Morgan fingerprint density at radius 1 is 1.03 bits per heavy atom. The van der Waals surface area contributed by atoms with Crippen molar-refractivity contribution in [3.8, 4) is 5.75 Å². The molecule has 6 nitrogen and oxygen atoms in total. The van der Waals surface area contributed by atoms with Crippen LogP contribution >= 0.6 is 28.1 Å². The van der Waals surface area contributed by atoms with Gasteiger partial charge < -0.3 is 15.0 Å². The van der Waals surface area contributed by atoms with Crippen LogP contribution in [0.25, 0.3) is 0 Å². The van der Waals surface area contributed by atoms with E-state index in [1.54, 1.807) is 42.5 Å². The van der Waals surface area contributed by atoms with Gasteiger partial charge in [0.1, 0.15) is 5.75 Å². The van der Waals surface area contributed by atoms with E-state index in [4.69, 9.17) is 17.0 Å². The van der Waals surface area contributed by atoms with Crippen molar-refractivity contribution >= 4 is 50.8 Å². The lowest BCUT2D eigenvalue weighted by Crippen LogP contribution is -2.34. The zero-order valence-electron chi connectivity index (χ0n) is 18.2. The quantitative estimate of drug-likeness (QED) is 0.503. The van der Waals surface area contributed by atoms with Crippen molar-refractivity contribution in [1.82, 2.24) is 10.2 Å². The Kier molecular flexibility index (Phi) is 9.05. The van der Waals surface area contributed by atoms with Crippen molar-refractivity contribution < 1.29 is 14.3 Å². The molecule has 0 unspecified atom stereocenters. The van der Waals surface area contributed by atoms with Crippen molar-refractivity contribution in [1.29, 1.82) is 0 Å². The van der Waals surface area contributed by atoms with Gasteiger partial charge in [0.05, 0.1) is 11.1 Å². The topological polar surface area (TPSA) is 70.7 Å². The lowest BCUT2D eigenvalue weighted by Gasteiger charge is -2.20. The van der Waals surface area contributed by atoms with E-state index in [1.165, 1.54) is 12.8 Å². The van der Waals surface area contributed by atoms with Crippen LogP contribution in [0.2, 0.25) is 0 Å². The minimum absolute atomic E-state index is 0.0614. The monoisotopic (exact) mass is 517 g/mol. The van der Waals surface area contributed by atoms with Crippen molar-refractivity contribution in [3.63, 3.8) is 0 Å². The van der Waals surface area contributed by atoms with Crippen LogP contribution in [0.15, 0.2) is 46.9 Å². The minimum atomic E-state index is -0.321. The number of halogens is 1. The van der Waals surface area contributed by atoms with E-state index in [2.05, 4.69) is 26.6 Å². The molecule has 0 bridgehead atoms. The fourth-order valence-corrected chi connectivity index (χ4v) is 4.17. The minimum Gasteiger partial charge on any atom is -0.492 e. The normalized spacial score (nSPS) is 13.8. The Labute approximate surface area is 202 Å². The summed E-state index contributed by atoms with van der Waals surface area (Å²) in [6, 6.07) is 12.3. The first-order chi connectivity index (χ1) is 15.5. The van der Waals surface area contributed by atoms with Gasteiger partial charge in [-0.1, -0.05) is 19.8 Å². The number of thiocarbonyl (C=S) groups is 1. The first-order valence-electron chi connectivity index (χ1n) is 10.9. The molecular formula is C24H28BrN3O3S. The molecule has 170 valence electrons. The first kappa shape index (κ1) is 24.2. The van der Waals surface area contributed by atoms with Crippen LogP contribution in [0, 0.1) is 0 Å². The zero-order chi connectivity index (χ0) is 22.9. The summed E-state index contributed by atoms with van der Waals surface area (Å²) >= 11 is 8.71. The summed E-state index contributed by atoms with van der Waals surface area (Å²) in [6.07, 6.45) is 5.39. The molecular weight excluding hydrogens is 490 g/mol. The second-order valence-electron chi connectivity index (χ2n) is 7.69. The van der Waals surface area contributed by atoms with E-state index in [-0.39, 0.29) is 16.9 Å². The van der Waals surface area contributed by atoms with Gasteiger partial charge in [-0.25, -0.2) is 0 Å². The van der Waals surface area contributed by atoms with E-state index in [0.29, 0.717) is 33.6 Å². The van der Waals surface area contributed by atoms with Crippen molar-refractivity contribution in [2.24, 2.45) is 0 Å². The van der Waals surface area contributed by atoms with Gasteiger partial charge in [0.15, 0.2) is 5.11 Å². The Balaban J connectivity index is 1.54. The summed E-state index contributed by atoms with van der Waals surface area (Å²) in [5.74, 6) is 0.434. The summed E-state index contributed by atoms with van der Waals surface area (Å²) in [7, 11) is 0. The molecule has 1 heterocycles. The lowest BCUT2D eigenvalue weighted by atomic mass is 10.1. The molecule has 8 heteroatoms. The average Bonchev–Trinajstić information content (AvgIpc) is 3.08. The molecule has 1 aliphatic heterocycles. The van der Waals surface area contributed by atoms with Gasteiger partial charge in [-0.15, -0.1) is 0 Å². The molecule has 32 heavy (non-hydrogen) atoms. The zero-order valence-corrected chi connectivity index (χ0v) is 20.6. The number of benzene rings is 2. The standard InChI is InChI=1S/C24H28BrN3O3S/c1-2-15-31-21-12-9-18(16-20(21)25)22(29)27-24(32)26-19-10-7-17(8-11-19)23(30)28-13-5-3-4-6-14-28/h7-12,16H,2-6,13-15H2,1H3,(H2,26,27,29,32). The number of rotatable bonds is 6. The molecule has 2 N–H and O–H groups in total. The summed E-state index contributed by atoms with van der Waals surface area (Å²) in [6.45, 7) is 4.28. The number of carbonyl (C=O) groups is 2. The van der Waals surface area contributed by atoms with E-state index in [9.17, 15) is 9.59 Å². The molecule has 3 rings (SSSR count). The number of amides is 2. The van der Waals surface area contributed by atoms with Gasteiger partial charge in [0.2, 0.25) is 0 Å². The molecule has 2 aromatic rings. The van der Waals surface area contributed by atoms with Gasteiger partial charge >= 0.3 is 0 Å². The average molecular weight is 518 g/mol. The van der Waals surface area contributed by atoms with Crippen LogP contribution in [-0.4, -0.2) is 41.5 Å². The third-order valence-electron chi connectivity index (χ3n) is 5.17. The SMILES string of the molecule is CCCOc1ccc(C(=O)NC(=S)Nc2ccc(C(=O)N3CCCCCC3)cc2)cc1Br. The maximum Gasteiger partial charge on any atom is 0.257 e. The number of hydrogen-bond donors (Lipinski definition) is 2. The summed E-state index contributed by atoms with van der Waals surface area (Å²) < 4.78 is 6.32. The molecule has 0 aromatic heterocycles. The molecule has 0 spiro atoms. The molecule has 0 atom stereocenters. The molecule has 0 saturated carbocycles. The van der Waals surface area contributed by atoms with Gasteiger partial charge in [-0.2, -0.15) is 0 Å². The number of anilines is 1. The molecule has 2 aromatic carbocycles. The third-order valence-corrected chi connectivity index (χ3v) is 5.99. The molecule has 2 amide bonds. The van der Waals surface area contributed by atoms with Crippen LogP contribution in [0.4, 0.5) is 5.69 Å². The molecule has 1 aliphatic rings. The maximum absolute atomic E-state index is 12.7. The number of nitrogens with zero attached hydrogens (tertiary/aromatic N) is 1. The first-order valence-corrected chi connectivity index (χ1v) is 12.1. The Morgan fingerprint density at radius 3 is 2.31 bits per heavy atom. The van der Waals surface area contributed by atoms with Crippen molar-refractivity contribution in [3.05, 3.63) is 58.1 Å². The number of likely N-dealkylation sites (tertiary alicyclic amines) is 1. The van der Waals surface area contributed by atoms with Crippen molar-refractivity contribution in [2.45, 2.75) is 39.0 Å². The van der Waals surface area contributed by atoms with Gasteiger partial charge in [0.25, 0.3) is 11.8 Å². The summed E-state index contributed by atoms with van der Waals surface area (Å²) in [5, 5.41) is 5.85. The molecule has 0 aliphatic carbocycles. The van der Waals surface area contributed by atoms with E-state index in [1.807, 2.05) is 11.8 Å². The predicted octanol–water partition coefficient (Wildman–Crippen LogP) is 5.38. The highest BCUT2D eigenvalue weighted by Crippen LogP contribution is 2.26. The van der Waals surface area contributed by atoms with Crippen LogP contribution in [0.3, 0.4) is 0 Å². The summed E-state index contributed by atoms with van der Waals surface area (Å²) in [5.41, 5.74) is 1.82. The van der Waals surface area contributed by atoms with Crippen LogP contribution in [-0.2, 0) is 0 Å². The number of ether oxygens (including phenoxy) is 1. The Morgan fingerprint density at radius 2 is 1.69 bits per heavy atom. The van der Waals surface area contributed by atoms with Gasteiger partial charge in [-0.3, -0.25) is 14.9 Å². The highest BCUT2D eigenvalue weighted by molar-refractivity contribution is 9.10. The Hall–Kier alpha value is -2.45. The van der Waals surface area contributed by atoms with Gasteiger partial charge in [-0.05, 0) is 89.9 Å². The highest BCUT2D eigenvalue weighted by atomic mass is 79.9. The Bertz CT molecular complexity index is 957. The fourth-order valence-electron chi connectivity index (χ4n) is 3.46. The van der Waals surface area contributed by atoms with Crippen LogP contribution in [0.1, 0.15) is 59.7 Å². The largest absolute Gasteiger partial charge is 0.492 e. The van der Waals surface area contributed by atoms with Crippen LogP contribution < -0.4 is 15.4 Å². The van der Waals surface area contributed by atoms with E-state index in [0.717, 1.165) is 32.4 Å². The highest BCUT2D eigenvalue weighted by Gasteiger charge is 2.17. The van der Waals surface area contributed by atoms with E-state index < -0.39 is 0 Å². The van der Waals surface area contributed by atoms with Crippen molar-refractivity contribution in [2.75, 3.05) is 25.0 Å². The maximum atomic E-state index is 12.7. The lowest BCUT2D eigenvalue weighted by molar-refractivity contribution is 0.0761. The summed E-state index contributed by atoms with van der Waals surface area (Å²) in [4.78, 5) is 27.2. The third kappa shape index (κ3) is 6.77. The fraction of sp³-hybridized carbons (Fsp3) is 0.375. The second kappa shape index (κ2) is 12.0. The van der Waals surface area contributed by atoms with E-state index >= 15 is 0 Å². The number of nitrogens with one attached hydrogen (secondary N) is 2. The molecule has 1 saturated heterocycles. The number of hydrogen-bond acceptors (Lipinski definition) is 4. The second-order valence-corrected chi connectivity index (χ2v) is 8.95. The van der Waals surface area contributed by atoms with Gasteiger partial charge in [0, 0.05) is 29.9 Å². The van der Waals surface area contributed by atoms with Crippen LogP contribution in [0.5, 0.6) is 5.75 Å². The predicted molar refractivity (Wildman–Crippen MR) is 134 cm³/mol. The number of carbonyl (C=O) groups excluding carboxylic acids is 2. The molecule has 0 radical (unpaired) electrons. The smallest absolute Gasteiger partial charge is 0.257 e.